The first kappa shape index (κ1) is 16.7. The van der Waals surface area contributed by atoms with Gasteiger partial charge in [0.15, 0.2) is 11.4 Å². The molecule has 8 heteroatoms. The van der Waals surface area contributed by atoms with Gasteiger partial charge in [0.05, 0.1) is 5.39 Å². The number of nitrogens with zero attached hydrogens (tertiary/aromatic N) is 4. The minimum absolute atomic E-state index is 0.388. The molecular weight excluding hydrogens is 334 g/mol. The van der Waals surface area contributed by atoms with Crippen molar-refractivity contribution >= 4 is 11.0 Å². The second kappa shape index (κ2) is 6.89. The molecule has 1 aliphatic rings. The zero-order valence-electron chi connectivity index (χ0n) is 14.6. The highest BCUT2D eigenvalue weighted by atomic mass is 16.5. The molecule has 1 aromatic carbocycles. The fourth-order valence-corrected chi connectivity index (χ4v) is 3.35. The number of hydrogen-bond acceptors (Lipinski definition) is 6. The topological polar surface area (TPSA) is 87.4 Å². The standard InChI is InChI=1S/C18H21N5O3/c1-2-21-7-9-22(10-8-21)12-13-3-4-15-14(11-13)17(20-26-15)23-6-5-16(24)19-18(23)25/h3-6,11H,2,7-10,12H2,1H3,(H,19,24,25). The maximum Gasteiger partial charge on any atom is 0.334 e. The third kappa shape index (κ3) is 3.21. The molecule has 1 N–H and O–H groups in total. The van der Waals surface area contributed by atoms with Gasteiger partial charge in [0, 0.05) is 45.0 Å². The predicted molar refractivity (Wildman–Crippen MR) is 97.6 cm³/mol. The highest BCUT2D eigenvalue weighted by Gasteiger charge is 2.17. The van der Waals surface area contributed by atoms with Crippen LogP contribution in [0.2, 0.25) is 0 Å². The fraction of sp³-hybridized carbons (Fsp3) is 0.389. The Balaban J connectivity index is 1.63. The quantitative estimate of drug-likeness (QED) is 0.745. The van der Waals surface area contributed by atoms with Gasteiger partial charge in [0.25, 0.3) is 5.56 Å². The minimum Gasteiger partial charge on any atom is -0.354 e. The van der Waals surface area contributed by atoms with E-state index >= 15 is 0 Å². The van der Waals surface area contributed by atoms with Gasteiger partial charge in [-0.15, -0.1) is 0 Å². The summed E-state index contributed by atoms with van der Waals surface area (Å²) in [5, 5.41) is 4.76. The molecule has 0 unspecified atom stereocenters. The first-order chi connectivity index (χ1) is 12.6. The lowest BCUT2D eigenvalue weighted by molar-refractivity contribution is 0.132. The van der Waals surface area contributed by atoms with Crippen LogP contribution in [-0.4, -0.2) is 57.2 Å². The van der Waals surface area contributed by atoms with E-state index in [-0.39, 0.29) is 0 Å². The van der Waals surface area contributed by atoms with Crippen LogP contribution < -0.4 is 11.2 Å². The van der Waals surface area contributed by atoms with Crippen LogP contribution in [0.1, 0.15) is 12.5 Å². The van der Waals surface area contributed by atoms with E-state index in [2.05, 4.69) is 26.9 Å². The molecule has 0 aliphatic carbocycles. The Bertz CT molecular complexity index is 1030. The summed E-state index contributed by atoms with van der Waals surface area (Å²) < 4.78 is 6.63. The summed E-state index contributed by atoms with van der Waals surface area (Å²) >= 11 is 0. The molecule has 0 bridgehead atoms. The van der Waals surface area contributed by atoms with E-state index in [9.17, 15) is 9.59 Å². The van der Waals surface area contributed by atoms with Gasteiger partial charge in [-0.2, -0.15) is 0 Å². The van der Waals surface area contributed by atoms with Crippen molar-refractivity contribution in [2.24, 2.45) is 0 Å². The van der Waals surface area contributed by atoms with Crippen molar-refractivity contribution in [3.63, 3.8) is 0 Å². The molecule has 8 nitrogen and oxygen atoms in total. The van der Waals surface area contributed by atoms with Crippen LogP contribution in [0.3, 0.4) is 0 Å². The van der Waals surface area contributed by atoms with E-state index in [4.69, 9.17) is 4.52 Å². The van der Waals surface area contributed by atoms with Crippen LogP contribution in [0, 0.1) is 0 Å². The van der Waals surface area contributed by atoms with E-state index in [0.29, 0.717) is 11.4 Å². The second-order valence-electron chi connectivity index (χ2n) is 6.53. The number of likely N-dealkylation sites (N-methyl/N-ethyl adjacent to an activating group) is 1. The number of H-pyrrole nitrogens is 1. The van der Waals surface area contributed by atoms with Gasteiger partial charge < -0.3 is 9.42 Å². The lowest BCUT2D eigenvalue weighted by Gasteiger charge is -2.34. The number of hydrogen-bond donors (Lipinski definition) is 1. The molecule has 1 saturated heterocycles. The third-order valence-electron chi connectivity index (χ3n) is 4.89. The molecule has 3 heterocycles. The largest absolute Gasteiger partial charge is 0.354 e. The minimum atomic E-state index is -0.534. The van der Waals surface area contributed by atoms with Crippen molar-refractivity contribution in [1.29, 1.82) is 0 Å². The summed E-state index contributed by atoms with van der Waals surface area (Å²) in [5.74, 6) is 0.388. The third-order valence-corrected chi connectivity index (χ3v) is 4.89. The Labute approximate surface area is 149 Å². The molecule has 3 aromatic rings. The summed E-state index contributed by atoms with van der Waals surface area (Å²) in [4.78, 5) is 30.4. The van der Waals surface area contributed by atoms with Crippen LogP contribution in [0.5, 0.6) is 0 Å². The average Bonchev–Trinajstić information content (AvgIpc) is 3.05. The number of aromatic nitrogens is 3. The maximum absolute atomic E-state index is 12.1. The molecule has 0 saturated carbocycles. The number of nitrogens with one attached hydrogen (secondary N) is 1. The van der Waals surface area contributed by atoms with Crippen molar-refractivity contribution in [2.45, 2.75) is 13.5 Å². The molecular formula is C18H21N5O3. The number of fused-ring (bicyclic) bond motifs is 1. The summed E-state index contributed by atoms with van der Waals surface area (Å²) in [6, 6.07) is 7.20. The first-order valence-corrected chi connectivity index (χ1v) is 8.79. The summed E-state index contributed by atoms with van der Waals surface area (Å²) in [7, 11) is 0. The fourth-order valence-electron chi connectivity index (χ4n) is 3.35. The Morgan fingerprint density at radius 1 is 1.12 bits per heavy atom. The Morgan fingerprint density at radius 3 is 2.62 bits per heavy atom. The Hall–Kier alpha value is -2.71. The summed E-state index contributed by atoms with van der Waals surface area (Å²) in [6.45, 7) is 8.39. The normalized spacial score (nSPS) is 16.3. The zero-order chi connectivity index (χ0) is 18.1. The Morgan fingerprint density at radius 2 is 1.88 bits per heavy atom. The number of rotatable bonds is 4. The first-order valence-electron chi connectivity index (χ1n) is 8.79. The molecule has 1 fully saturated rings. The molecule has 4 rings (SSSR count). The van der Waals surface area contributed by atoms with Crippen LogP contribution in [-0.2, 0) is 6.54 Å². The molecule has 0 radical (unpaired) electrons. The van der Waals surface area contributed by atoms with Crippen molar-refractivity contribution in [3.8, 4) is 5.82 Å². The lowest BCUT2D eigenvalue weighted by atomic mass is 10.1. The van der Waals surface area contributed by atoms with Gasteiger partial charge in [0.2, 0.25) is 0 Å². The molecule has 136 valence electrons. The van der Waals surface area contributed by atoms with Crippen LogP contribution in [0.4, 0.5) is 0 Å². The summed E-state index contributed by atoms with van der Waals surface area (Å²) in [6.07, 6.45) is 1.41. The summed E-state index contributed by atoms with van der Waals surface area (Å²) in [5.41, 5.74) is 0.779. The van der Waals surface area contributed by atoms with Crippen LogP contribution in [0.25, 0.3) is 16.8 Å². The van der Waals surface area contributed by atoms with E-state index in [1.165, 1.54) is 16.8 Å². The molecule has 0 atom stereocenters. The van der Waals surface area contributed by atoms with Gasteiger partial charge in [0.1, 0.15) is 0 Å². The SMILES string of the molecule is CCN1CCN(Cc2ccc3onc(-n4ccc(=O)[nH]c4=O)c3c2)CC1. The smallest absolute Gasteiger partial charge is 0.334 e. The number of piperazine rings is 1. The second-order valence-corrected chi connectivity index (χ2v) is 6.53. The highest BCUT2D eigenvalue weighted by Crippen LogP contribution is 2.23. The monoisotopic (exact) mass is 355 g/mol. The average molecular weight is 355 g/mol. The van der Waals surface area contributed by atoms with Crippen LogP contribution >= 0.6 is 0 Å². The van der Waals surface area contributed by atoms with Gasteiger partial charge in [-0.1, -0.05) is 18.1 Å². The Kier molecular flexibility index (Phi) is 4.44. The van der Waals surface area contributed by atoms with Gasteiger partial charge >= 0.3 is 5.69 Å². The van der Waals surface area contributed by atoms with Crippen molar-refractivity contribution < 1.29 is 4.52 Å². The number of benzene rings is 1. The maximum atomic E-state index is 12.1. The lowest BCUT2D eigenvalue weighted by Crippen LogP contribution is -2.45. The van der Waals surface area contributed by atoms with Gasteiger partial charge in [-0.05, 0) is 24.2 Å². The molecule has 0 spiro atoms. The molecule has 1 aliphatic heterocycles. The van der Waals surface area contributed by atoms with Gasteiger partial charge in [-0.25, -0.2) is 9.36 Å². The highest BCUT2D eigenvalue weighted by molar-refractivity contribution is 5.84. The van der Waals surface area contributed by atoms with Crippen LogP contribution in [0.15, 0.2) is 44.6 Å². The zero-order valence-corrected chi connectivity index (χ0v) is 14.6. The van der Waals surface area contributed by atoms with Gasteiger partial charge in [-0.3, -0.25) is 14.7 Å². The molecule has 2 aromatic heterocycles. The van der Waals surface area contributed by atoms with E-state index in [1.807, 2.05) is 18.2 Å². The molecule has 0 amide bonds. The van der Waals surface area contributed by atoms with Crippen molar-refractivity contribution in [3.05, 3.63) is 56.9 Å². The van der Waals surface area contributed by atoms with E-state index in [1.54, 1.807) is 0 Å². The molecule has 26 heavy (non-hydrogen) atoms. The van der Waals surface area contributed by atoms with E-state index in [0.717, 1.165) is 50.2 Å². The van der Waals surface area contributed by atoms with Crippen molar-refractivity contribution in [2.75, 3.05) is 32.7 Å². The van der Waals surface area contributed by atoms with E-state index < -0.39 is 11.2 Å². The van der Waals surface area contributed by atoms with Crippen molar-refractivity contribution in [1.82, 2.24) is 24.5 Å². The predicted octanol–water partition coefficient (Wildman–Crippen LogP) is 0.804. The number of aromatic amines is 1.